The van der Waals surface area contributed by atoms with Gasteiger partial charge in [0.1, 0.15) is 0 Å². The summed E-state index contributed by atoms with van der Waals surface area (Å²) in [6.07, 6.45) is 11.2. The topological polar surface area (TPSA) is 133 Å². The quantitative estimate of drug-likeness (QED) is 0.145. The SMILES string of the molecule is CCCCCCOC(=O)/C=C\C(=O)[O-].CCCCCCOC(=O)/C=C\C(=O)[O-].[Cd+2]. The van der Waals surface area contributed by atoms with Crippen molar-refractivity contribution >= 4 is 23.9 Å². The van der Waals surface area contributed by atoms with Crippen LogP contribution in [0.3, 0.4) is 0 Å². The van der Waals surface area contributed by atoms with Crippen LogP contribution in [-0.2, 0) is 56.0 Å². The molecule has 0 unspecified atom stereocenters. The van der Waals surface area contributed by atoms with Gasteiger partial charge in [-0.2, -0.15) is 0 Å². The van der Waals surface area contributed by atoms with Gasteiger partial charge in [-0.05, 0) is 25.0 Å². The molecule has 0 aliphatic rings. The summed E-state index contributed by atoms with van der Waals surface area (Å²) in [5.41, 5.74) is 0. The molecule has 0 amide bonds. The van der Waals surface area contributed by atoms with E-state index < -0.39 is 23.9 Å². The summed E-state index contributed by atoms with van der Waals surface area (Å²) < 4.78 is 9.44. The largest absolute Gasteiger partial charge is 2.00 e. The first kappa shape index (κ1) is 32.0. The van der Waals surface area contributed by atoms with Crippen molar-refractivity contribution in [1.29, 1.82) is 0 Å². The minimum atomic E-state index is -1.40. The molecule has 8 nitrogen and oxygen atoms in total. The molecule has 0 spiro atoms. The third-order valence-corrected chi connectivity index (χ3v) is 3.20. The first-order chi connectivity index (χ1) is 13.3. The maximum Gasteiger partial charge on any atom is 2.00 e. The zero-order valence-electron chi connectivity index (χ0n) is 17.4. The van der Waals surface area contributed by atoms with Crippen LogP contribution >= 0.6 is 0 Å². The molecule has 0 aromatic rings. The molecule has 0 fully saturated rings. The molecule has 0 atom stereocenters. The van der Waals surface area contributed by atoms with Gasteiger partial charge in [-0.15, -0.1) is 0 Å². The molecule has 9 heteroatoms. The second-order valence-corrected chi connectivity index (χ2v) is 5.76. The molecule has 0 bridgehead atoms. The normalized spacial score (nSPS) is 10.0. The molecule has 0 saturated heterocycles. The van der Waals surface area contributed by atoms with E-state index in [1.165, 1.54) is 0 Å². The van der Waals surface area contributed by atoms with Gasteiger partial charge < -0.3 is 29.3 Å². The molecular formula is C20H30CdO8. The van der Waals surface area contributed by atoms with Crippen molar-refractivity contribution in [3.05, 3.63) is 24.3 Å². The van der Waals surface area contributed by atoms with E-state index in [4.69, 9.17) is 9.47 Å². The van der Waals surface area contributed by atoms with Gasteiger partial charge in [0, 0.05) is 12.2 Å². The van der Waals surface area contributed by atoms with Crippen LogP contribution in [0.25, 0.3) is 0 Å². The summed E-state index contributed by atoms with van der Waals surface area (Å²) in [6.45, 7) is 4.87. The molecule has 0 heterocycles. The summed E-state index contributed by atoms with van der Waals surface area (Å²) in [4.78, 5) is 41.4. The van der Waals surface area contributed by atoms with E-state index in [2.05, 4.69) is 13.8 Å². The Hall–Kier alpha value is -1.72. The van der Waals surface area contributed by atoms with E-state index in [9.17, 15) is 29.4 Å². The van der Waals surface area contributed by atoms with Crippen molar-refractivity contribution in [1.82, 2.24) is 0 Å². The second kappa shape index (κ2) is 24.3. The minimum Gasteiger partial charge on any atom is -0.545 e. The Labute approximate surface area is 192 Å². The van der Waals surface area contributed by atoms with E-state index in [-0.39, 0.29) is 27.3 Å². The fraction of sp³-hybridized carbons (Fsp3) is 0.600. The van der Waals surface area contributed by atoms with Gasteiger partial charge in [0.05, 0.1) is 25.2 Å². The Balaban J connectivity index is -0.000000451. The maximum absolute atomic E-state index is 10.8. The van der Waals surface area contributed by atoms with Crippen molar-refractivity contribution in [2.45, 2.75) is 65.2 Å². The average molecular weight is 511 g/mol. The number of hydrogen-bond donors (Lipinski definition) is 0. The molecule has 0 aromatic carbocycles. The smallest absolute Gasteiger partial charge is 0.545 e. The summed E-state index contributed by atoms with van der Waals surface area (Å²) in [6, 6.07) is 0. The second-order valence-electron chi connectivity index (χ2n) is 5.76. The van der Waals surface area contributed by atoms with Gasteiger partial charge in [-0.1, -0.05) is 52.4 Å². The number of carbonyl (C=O) groups is 4. The Morgan fingerprint density at radius 3 is 1.24 bits per heavy atom. The molecule has 0 N–H and O–H groups in total. The van der Waals surface area contributed by atoms with Crippen LogP contribution < -0.4 is 10.2 Å². The minimum absolute atomic E-state index is 0. The number of hydrogen-bond acceptors (Lipinski definition) is 8. The van der Waals surface area contributed by atoms with Gasteiger partial charge in [-0.3, -0.25) is 0 Å². The number of aliphatic carboxylic acids is 2. The predicted octanol–water partition coefficient (Wildman–Crippen LogP) is 0.830. The van der Waals surface area contributed by atoms with Gasteiger partial charge in [0.15, 0.2) is 0 Å². The van der Waals surface area contributed by atoms with Crippen molar-refractivity contribution < 1.29 is 66.2 Å². The molecular weight excluding hydrogens is 481 g/mol. The van der Waals surface area contributed by atoms with E-state index in [0.29, 0.717) is 25.4 Å². The number of unbranched alkanes of at least 4 members (excludes halogenated alkanes) is 6. The van der Waals surface area contributed by atoms with E-state index in [0.717, 1.165) is 63.5 Å². The zero-order chi connectivity index (χ0) is 21.6. The first-order valence-electron chi connectivity index (χ1n) is 9.45. The maximum atomic E-state index is 10.8. The standard InChI is InChI=1S/2C10H16O4.Cd/c2*1-2-3-4-5-8-14-10(13)7-6-9(11)12;/h2*6-7H,2-5,8H2,1H3,(H,11,12);/q;;+2/p-2/b2*7-6-;. The molecule has 0 aromatic heterocycles. The van der Waals surface area contributed by atoms with Crippen LogP contribution in [0, 0.1) is 0 Å². The van der Waals surface area contributed by atoms with Crippen LogP contribution in [0.5, 0.6) is 0 Å². The number of carbonyl (C=O) groups excluding carboxylic acids is 4. The summed E-state index contributed by atoms with van der Waals surface area (Å²) in [7, 11) is 0. The molecule has 29 heavy (non-hydrogen) atoms. The van der Waals surface area contributed by atoms with Gasteiger partial charge in [-0.25, -0.2) is 9.59 Å². The number of ether oxygens (including phenoxy) is 2. The molecule has 160 valence electrons. The third kappa shape index (κ3) is 31.2. The van der Waals surface area contributed by atoms with Gasteiger partial charge in [0.25, 0.3) is 0 Å². The molecule has 0 aliphatic heterocycles. The van der Waals surface area contributed by atoms with E-state index in [1.807, 2.05) is 0 Å². The van der Waals surface area contributed by atoms with Crippen LogP contribution in [0.2, 0.25) is 0 Å². The summed E-state index contributed by atoms with van der Waals surface area (Å²) >= 11 is 0. The van der Waals surface area contributed by atoms with Crippen LogP contribution in [0.4, 0.5) is 0 Å². The Morgan fingerprint density at radius 1 is 0.621 bits per heavy atom. The van der Waals surface area contributed by atoms with E-state index >= 15 is 0 Å². The predicted molar refractivity (Wildman–Crippen MR) is 98.5 cm³/mol. The zero-order valence-corrected chi connectivity index (χ0v) is 21.4. The van der Waals surface area contributed by atoms with Crippen molar-refractivity contribution in [2.24, 2.45) is 0 Å². The summed E-state index contributed by atoms with van der Waals surface area (Å²) in [5, 5.41) is 19.8. The monoisotopic (exact) mass is 512 g/mol. The van der Waals surface area contributed by atoms with Crippen LogP contribution in [0.1, 0.15) is 65.2 Å². The average Bonchev–Trinajstić information content (AvgIpc) is 2.65. The van der Waals surface area contributed by atoms with Crippen molar-refractivity contribution in [3.8, 4) is 0 Å². The molecule has 0 radical (unpaired) electrons. The van der Waals surface area contributed by atoms with Crippen molar-refractivity contribution in [2.75, 3.05) is 13.2 Å². The first-order valence-corrected chi connectivity index (χ1v) is 9.45. The number of carboxylic acids is 2. The Morgan fingerprint density at radius 2 is 0.966 bits per heavy atom. The molecule has 0 aliphatic carbocycles. The number of esters is 2. The Bertz CT molecular complexity index is 469. The fourth-order valence-electron chi connectivity index (χ4n) is 1.77. The van der Waals surface area contributed by atoms with Gasteiger partial charge in [0.2, 0.25) is 0 Å². The van der Waals surface area contributed by atoms with Crippen LogP contribution in [-0.4, -0.2) is 37.1 Å². The Kier molecular flexibility index (Phi) is 26.8. The summed E-state index contributed by atoms with van der Waals surface area (Å²) in [5.74, 6) is -4.06. The molecule has 0 saturated carbocycles. The molecule has 0 rings (SSSR count). The number of rotatable bonds is 14. The van der Waals surface area contributed by atoms with Crippen molar-refractivity contribution in [3.63, 3.8) is 0 Å². The van der Waals surface area contributed by atoms with Gasteiger partial charge >= 0.3 is 39.2 Å². The fourth-order valence-corrected chi connectivity index (χ4v) is 1.77. The van der Waals surface area contributed by atoms with Crippen LogP contribution in [0.15, 0.2) is 24.3 Å². The van der Waals surface area contributed by atoms with E-state index in [1.54, 1.807) is 0 Å². The third-order valence-electron chi connectivity index (χ3n) is 3.20. The number of carboxylic acid groups (broad SMARTS) is 2.